The Morgan fingerprint density at radius 1 is 1.32 bits per heavy atom. The topological polar surface area (TPSA) is 104 Å². The van der Waals surface area contributed by atoms with Crippen molar-refractivity contribution in [1.82, 2.24) is 5.32 Å². The highest BCUT2D eigenvalue weighted by atomic mass is 127. The average Bonchev–Trinajstić information content (AvgIpc) is 2.31. The first-order valence-electron chi connectivity index (χ1n) is 5.33. The van der Waals surface area contributed by atoms with Gasteiger partial charge in [-0.15, -0.1) is 0 Å². The number of carboxylic acids is 2. The summed E-state index contributed by atoms with van der Waals surface area (Å²) in [7, 11) is 0. The van der Waals surface area contributed by atoms with Gasteiger partial charge in [0.1, 0.15) is 6.04 Å². The van der Waals surface area contributed by atoms with Crippen LogP contribution in [0, 0.1) is 10.5 Å². The number of carboxylic acid groups (broad SMARTS) is 2. The van der Waals surface area contributed by atoms with E-state index in [-0.39, 0.29) is 0 Å². The zero-order valence-corrected chi connectivity index (χ0v) is 12.2. The Kier molecular flexibility index (Phi) is 5.28. The highest BCUT2D eigenvalue weighted by molar-refractivity contribution is 14.1. The number of halogens is 1. The molecule has 7 heteroatoms. The van der Waals surface area contributed by atoms with Crippen LogP contribution in [-0.4, -0.2) is 34.1 Å². The first kappa shape index (κ1) is 15.4. The first-order valence-corrected chi connectivity index (χ1v) is 6.41. The predicted octanol–water partition coefficient (Wildman–Crippen LogP) is 1.26. The van der Waals surface area contributed by atoms with Gasteiger partial charge < -0.3 is 15.5 Å². The van der Waals surface area contributed by atoms with Gasteiger partial charge in [-0.25, -0.2) is 4.79 Å². The van der Waals surface area contributed by atoms with Gasteiger partial charge in [-0.2, -0.15) is 0 Å². The number of carbonyl (C=O) groups is 3. The molecule has 1 amide bonds. The van der Waals surface area contributed by atoms with Crippen molar-refractivity contribution in [1.29, 1.82) is 0 Å². The molecule has 3 N–H and O–H groups in total. The number of amides is 1. The Morgan fingerprint density at radius 2 is 1.95 bits per heavy atom. The van der Waals surface area contributed by atoms with Gasteiger partial charge in [0.15, 0.2) is 0 Å². The van der Waals surface area contributed by atoms with E-state index >= 15 is 0 Å². The third kappa shape index (κ3) is 4.19. The largest absolute Gasteiger partial charge is 0.481 e. The number of rotatable bonds is 5. The molecule has 6 nitrogen and oxygen atoms in total. The molecule has 19 heavy (non-hydrogen) atoms. The van der Waals surface area contributed by atoms with Crippen LogP contribution < -0.4 is 5.32 Å². The Balaban J connectivity index is 2.91. The van der Waals surface area contributed by atoms with Crippen LogP contribution in [-0.2, 0) is 9.59 Å². The normalized spacial score (nSPS) is 11.7. The van der Waals surface area contributed by atoms with Crippen LogP contribution in [0.1, 0.15) is 22.3 Å². The molecule has 0 aromatic heterocycles. The van der Waals surface area contributed by atoms with Crippen molar-refractivity contribution < 1.29 is 24.6 Å². The Hall–Kier alpha value is -1.64. The Labute approximate surface area is 123 Å². The fourth-order valence-electron chi connectivity index (χ4n) is 1.43. The molecule has 102 valence electrons. The zero-order valence-electron chi connectivity index (χ0n) is 10.0. The lowest BCUT2D eigenvalue weighted by Crippen LogP contribution is -2.42. The quantitative estimate of drug-likeness (QED) is 0.671. The number of carbonyl (C=O) groups excluding carboxylic acids is 1. The van der Waals surface area contributed by atoms with Crippen molar-refractivity contribution in [2.75, 3.05) is 0 Å². The molecular formula is C12H12INO5. The van der Waals surface area contributed by atoms with Crippen molar-refractivity contribution in [3.8, 4) is 0 Å². The lowest BCUT2D eigenvalue weighted by atomic mass is 10.1. The maximum absolute atomic E-state index is 11.9. The second kappa shape index (κ2) is 6.50. The molecule has 0 saturated heterocycles. The fourth-order valence-corrected chi connectivity index (χ4v) is 2.04. The van der Waals surface area contributed by atoms with Crippen LogP contribution in [0.5, 0.6) is 0 Å². The molecule has 0 unspecified atom stereocenters. The van der Waals surface area contributed by atoms with Crippen LogP contribution in [0.4, 0.5) is 0 Å². The second-order valence-electron chi connectivity index (χ2n) is 3.90. The fraction of sp³-hybridized carbons (Fsp3) is 0.250. The highest BCUT2D eigenvalue weighted by Gasteiger charge is 2.24. The van der Waals surface area contributed by atoms with E-state index in [1.54, 1.807) is 12.1 Å². The van der Waals surface area contributed by atoms with Crippen LogP contribution in [0.15, 0.2) is 18.2 Å². The second-order valence-corrected chi connectivity index (χ2v) is 4.98. The Bertz CT molecular complexity index is 529. The number of hydrogen-bond acceptors (Lipinski definition) is 3. The van der Waals surface area contributed by atoms with Crippen LogP contribution >= 0.6 is 22.6 Å². The third-order valence-corrected chi connectivity index (χ3v) is 3.85. The van der Waals surface area contributed by atoms with E-state index in [4.69, 9.17) is 10.2 Å². The highest BCUT2D eigenvalue weighted by Crippen LogP contribution is 2.16. The van der Waals surface area contributed by atoms with Crippen molar-refractivity contribution >= 4 is 40.4 Å². The van der Waals surface area contributed by atoms with Gasteiger partial charge in [0.25, 0.3) is 5.91 Å². The number of hydrogen-bond donors (Lipinski definition) is 3. The summed E-state index contributed by atoms with van der Waals surface area (Å²) in [5, 5.41) is 19.7. The number of aliphatic carboxylic acids is 2. The molecule has 0 saturated carbocycles. The average molecular weight is 377 g/mol. The third-order valence-electron chi connectivity index (χ3n) is 2.42. The van der Waals surface area contributed by atoms with Crippen molar-refractivity contribution in [3.63, 3.8) is 0 Å². The van der Waals surface area contributed by atoms with Gasteiger partial charge >= 0.3 is 11.9 Å². The summed E-state index contributed by atoms with van der Waals surface area (Å²) in [5.74, 6) is -3.26. The zero-order chi connectivity index (χ0) is 14.6. The molecule has 1 aromatic rings. The van der Waals surface area contributed by atoms with E-state index < -0.39 is 30.3 Å². The minimum absolute atomic E-state index is 0.331. The molecule has 1 aromatic carbocycles. The van der Waals surface area contributed by atoms with Gasteiger partial charge in [0, 0.05) is 3.57 Å². The SMILES string of the molecule is Cc1cccc(C(=O)N[C@H](CC(=O)O)C(=O)O)c1I. The minimum atomic E-state index is -1.44. The Morgan fingerprint density at radius 3 is 2.47 bits per heavy atom. The molecule has 0 heterocycles. The van der Waals surface area contributed by atoms with E-state index in [0.29, 0.717) is 9.13 Å². The van der Waals surface area contributed by atoms with E-state index in [0.717, 1.165) is 5.56 Å². The standard InChI is InChI=1S/C12H12INO5/c1-6-3-2-4-7(10(6)13)11(17)14-8(12(18)19)5-9(15)16/h2-4,8H,5H2,1H3,(H,14,17)(H,15,16)(H,18,19)/t8-/m1/s1. The van der Waals surface area contributed by atoms with Crippen LogP contribution in [0.3, 0.4) is 0 Å². The molecule has 0 aliphatic heterocycles. The van der Waals surface area contributed by atoms with Crippen molar-refractivity contribution in [2.45, 2.75) is 19.4 Å². The van der Waals surface area contributed by atoms with E-state index in [1.165, 1.54) is 0 Å². The molecule has 0 aliphatic carbocycles. The molecule has 0 spiro atoms. The summed E-state index contributed by atoms with van der Waals surface area (Å²) in [4.78, 5) is 33.4. The first-order chi connectivity index (χ1) is 8.82. The summed E-state index contributed by atoms with van der Waals surface area (Å²) < 4.78 is 0.706. The molecule has 0 fully saturated rings. The summed E-state index contributed by atoms with van der Waals surface area (Å²) in [6, 6.07) is 3.62. The number of aryl methyl sites for hydroxylation is 1. The number of nitrogens with one attached hydrogen (secondary N) is 1. The summed E-state index contributed by atoms with van der Waals surface area (Å²) >= 11 is 1.99. The monoisotopic (exact) mass is 377 g/mol. The maximum Gasteiger partial charge on any atom is 0.326 e. The van der Waals surface area contributed by atoms with Crippen LogP contribution in [0.25, 0.3) is 0 Å². The maximum atomic E-state index is 11.9. The van der Waals surface area contributed by atoms with Crippen molar-refractivity contribution in [3.05, 3.63) is 32.9 Å². The summed E-state index contributed by atoms with van der Waals surface area (Å²) in [5.41, 5.74) is 1.22. The summed E-state index contributed by atoms with van der Waals surface area (Å²) in [6.07, 6.45) is -0.663. The van der Waals surface area contributed by atoms with Crippen molar-refractivity contribution in [2.24, 2.45) is 0 Å². The molecule has 0 radical (unpaired) electrons. The van der Waals surface area contributed by atoms with Crippen LogP contribution in [0.2, 0.25) is 0 Å². The van der Waals surface area contributed by atoms with Gasteiger partial charge in [-0.1, -0.05) is 12.1 Å². The lowest BCUT2D eigenvalue weighted by Gasteiger charge is -2.13. The van der Waals surface area contributed by atoms with E-state index in [1.807, 2.05) is 35.6 Å². The molecule has 0 aliphatic rings. The summed E-state index contributed by atoms with van der Waals surface area (Å²) in [6.45, 7) is 1.82. The molecular weight excluding hydrogens is 365 g/mol. The minimum Gasteiger partial charge on any atom is -0.481 e. The van der Waals surface area contributed by atoms with Gasteiger partial charge in [-0.3, -0.25) is 9.59 Å². The lowest BCUT2D eigenvalue weighted by molar-refractivity contribution is -0.145. The molecule has 0 bridgehead atoms. The molecule has 1 rings (SSSR count). The van der Waals surface area contributed by atoms with Gasteiger partial charge in [0.05, 0.1) is 12.0 Å². The van der Waals surface area contributed by atoms with E-state index in [9.17, 15) is 14.4 Å². The number of benzene rings is 1. The predicted molar refractivity (Wildman–Crippen MR) is 75.0 cm³/mol. The van der Waals surface area contributed by atoms with Gasteiger partial charge in [0.2, 0.25) is 0 Å². The molecule has 1 atom stereocenters. The smallest absolute Gasteiger partial charge is 0.326 e. The van der Waals surface area contributed by atoms with Gasteiger partial charge in [-0.05, 0) is 41.1 Å². The van der Waals surface area contributed by atoms with E-state index in [2.05, 4.69) is 5.32 Å².